The van der Waals surface area contributed by atoms with E-state index in [0.29, 0.717) is 17.1 Å². The highest BCUT2D eigenvalue weighted by molar-refractivity contribution is 5.95. The minimum Gasteiger partial charge on any atom is -0.396 e. The molecule has 1 aromatic heterocycles. The largest absolute Gasteiger partial charge is 0.396 e. The number of aromatic nitrogens is 2. The number of carbonyl (C=O) groups excluding carboxylic acids is 1. The standard InChI is InChI=1S/C19H23N3O2/c1-14-17(13-20-18(21-14)15-7-3-2-4-8-15)19(24)22-11-5-9-16(22)10-6-12-23/h2-4,7-8,13,16,23H,5-6,9-12H2,1H3. The van der Waals surface area contributed by atoms with Crippen molar-refractivity contribution in [2.45, 2.75) is 38.6 Å². The van der Waals surface area contributed by atoms with Gasteiger partial charge in [-0.1, -0.05) is 30.3 Å². The summed E-state index contributed by atoms with van der Waals surface area (Å²) in [6, 6.07) is 9.99. The second-order valence-electron chi connectivity index (χ2n) is 6.22. The third-order valence-electron chi connectivity index (χ3n) is 4.58. The average molecular weight is 325 g/mol. The number of aryl methyl sites for hydroxylation is 1. The van der Waals surface area contributed by atoms with Crippen LogP contribution in [0.3, 0.4) is 0 Å². The number of carbonyl (C=O) groups is 1. The van der Waals surface area contributed by atoms with Crippen molar-refractivity contribution in [3.63, 3.8) is 0 Å². The SMILES string of the molecule is Cc1nc(-c2ccccc2)ncc1C(=O)N1CCCC1CCCO. The lowest BCUT2D eigenvalue weighted by Gasteiger charge is -2.25. The zero-order chi connectivity index (χ0) is 16.9. The first-order chi connectivity index (χ1) is 11.7. The molecule has 1 aliphatic rings. The number of benzene rings is 1. The van der Waals surface area contributed by atoms with Crippen LogP contribution in [0.5, 0.6) is 0 Å². The molecule has 24 heavy (non-hydrogen) atoms. The quantitative estimate of drug-likeness (QED) is 0.918. The summed E-state index contributed by atoms with van der Waals surface area (Å²) in [6.07, 6.45) is 5.26. The monoisotopic (exact) mass is 325 g/mol. The third-order valence-corrected chi connectivity index (χ3v) is 4.58. The number of hydrogen-bond donors (Lipinski definition) is 1. The number of likely N-dealkylation sites (tertiary alicyclic amines) is 1. The molecule has 0 saturated carbocycles. The van der Waals surface area contributed by atoms with Crippen LogP contribution in [0.2, 0.25) is 0 Å². The first-order valence-corrected chi connectivity index (χ1v) is 8.51. The molecule has 2 heterocycles. The first-order valence-electron chi connectivity index (χ1n) is 8.51. The van der Waals surface area contributed by atoms with Gasteiger partial charge in [-0.3, -0.25) is 4.79 Å². The molecule has 1 saturated heterocycles. The summed E-state index contributed by atoms with van der Waals surface area (Å²) in [5.41, 5.74) is 2.23. The Morgan fingerprint density at radius 2 is 2.12 bits per heavy atom. The van der Waals surface area contributed by atoms with Crippen molar-refractivity contribution in [2.24, 2.45) is 0 Å². The Morgan fingerprint density at radius 3 is 2.83 bits per heavy atom. The fourth-order valence-electron chi connectivity index (χ4n) is 3.29. The van der Waals surface area contributed by atoms with Gasteiger partial charge in [0.25, 0.3) is 5.91 Å². The molecular weight excluding hydrogens is 302 g/mol. The maximum atomic E-state index is 12.9. The maximum absolute atomic E-state index is 12.9. The van der Waals surface area contributed by atoms with Gasteiger partial charge >= 0.3 is 0 Å². The second kappa shape index (κ2) is 7.53. The molecule has 1 fully saturated rings. The zero-order valence-corrected chi connectivity index (χ0v) is 14.0. The van der Waals surface area contributed by atoms with Crippen LogP contribution in [0.25, 0.3) is 11.4 Å². The highest BCUT2D eigenvalue weighted by atomic mass is 16.3. The van der Waals surface area contributed by atoms with E-state index >= 15 is 0 Å². The molecule has 0 aliphatic carbocycles. The van der Waals surface area contributed by atoms with E-state index in [4.69, 9.17) is 5.11 Å². The Balaban J connectivity index is 1.80. The summed E-state index contributed by atoms with van der Waals surface area (Å²) < 4.78 is 0. The van der Waals surface area contributed by atoms with Crippen LogP contribution in [0.4, 0.5) is 0 Å². The lowest BCUT2D eigenvalue weighted by atomic mass is 10.1. The summed E-state index contributed by atoms with van der Waals surface area (Å²) in [4.78, 5) is 23.7. The fraction of sp³-hybridized carbons (Fsp3) is 0.421. The van der Waals surface area contributed by atoms with Gasteiger partial charge in [-0.25, -0.2) is 9.97 Å². The van der Waals surface area contributed by atoms with E-state index in [0.717, 1.165) is 37.8 Å². The van der Waals surface area contributed by atoms with Gasteiger partial charge in [0.2, 0.25) is 0 Å². The zero-order valence-electron chi connectivity index (χ0n) is 14.0. The lowest BCUT2D eigenvalue weighted by Crippen LogP contribution is -2.36. The van der Waals surface area contributed by atoms with Gasteiger partial charge in [-0.2, -0.15) is 0 Å². The molecule has 1 N–H and O–H groups in total. The van der Waals surface area contributed by atoms with Gasteiger partial charge < -0.3 is 10.0 Å². The molecule has 126 valence electrons. The van der Waals surface area contributed by atoms with Gasteiger partial charge in [0.1, 0.15) is 0 Å². The van der Waals surface area contributed by atoms with Crippen molar-refractivity contribution < 1.29 is 9.90 Å². The molecule has 0 bridgehead atoms. The predicted molar refractivity (Wildman–Crippen MR) is 92.6 cm³/mol. The lowest BCUT2D eigenvalue weighted by molar-refractivity contribution is 0.0723. The minimum absolute atomic E-state index is 0.00699. The van der Waals surface area contributed by atoms with Crippen LogP contribution in [0.1, 0.15) is 41.7 Å². The van der Waals surface area contributed by atoms with Crippen molar-refractivity contribution >= 4 is 5.91 Å². The van der Waals surface area contributed by atoms with Crippen molar-refractivity contribution in [1.82, 2.24) is 14.9 Å². The summed E-state index contributed by atoms with van der Waals surface area (Å²) in [5, 5.41) is 9.03. The van der Waals surface area contributed by atoms with E-state index in [9.17, 15) is 4.79 Å². The van der Waals surface area contributed by atoms with E-state index < -0.39 is 0 Å². The average Bonchev–Trinajstić information content (AvgIpc) is 3.08. The Morgan fingerprint density at radius 1 is 1.33 bits per heavy atom. The van der Waals surface area contributed by atoms with E-state index in [1.54, 1.807) is 6.20 Å². The summed E-state index contributed by atoms with van der Waals surface area (Å²) in [7, 11) is 0. The molecule has 1 amide bonds. The molecular formula is C19H23N3O2. The predicted octanol–water partition coefficient (Wildman–Crippen LogP) is 2.83. The van der Waals surface area contributed by atoms with Crippen LogP contribution in [0.15, 0.2) is 36.5 Å². The van der Waals surface area contributed by atoms with Crippen LogP contribution in [0, 0.1) is 6.92 Å². The van der Waals surface area contributed by atoms with Crippen LogP contribution < -0.4 is 0 Å². The minimum atomic E-state index is 0.00699. The molecule has 1 aromatic carbocycles. The summed E-state index contributed by atoms with van der Waals surface area (Å²) in [6.45, 7) is 2.81. The topological polar surface area (TPSA) is 66.3 Å². The second-order valence-corrected chi connectivity index (χ2v) is 6.22. The fourth-order valence-corrected chi connectivity index (χ4v) is 3.29. The number of amides is 1. The molecule has 5 heteroatoms. The Kier molecular flexibility index (Phi) is 5.20. The Labute approximate surface area is 142 Å². The van der Waals surface area contributed by atoms with E-state index in [-0.39, 0.29) is 18.6 Å². The number of rotatable bonds is 5. The Bertz CT molecular complexity index is 703. The smallest absolute Gasteiger partial charge is 0.257 e. The molecule has 1 unspecified atom stereocenters. The van der Waals surface area contributed by atoms with Crippen LogP contribution in [-0.2, 0) is 0 Å². The molecule has 0 radical (unpaired) electrons. The van der Waals surface area contributed by atoms with Crippen molar-refractivity contribution in [2.75, 3.05) is 13.2 Å². The third kappa shape index (κ3) is 3.46. The van der Waals surface area contributed by atoms with Gasteiger partial charge in [0.15, 0.2) is 5.82 Å². The highest BCUT2D eigenvalue weighted by Gasteiger charge is 2.30. The number of hydrogen-bond acceptors (Lipinski definition) is 4. The van der Waals surface area contributed by atoms with Crippen molar-refractivity contribution in [3.05, 3.63) is 47.8 Å². The van der Waals surface area contributed by atoms with Crippen molar-refractivity contribution in [3.8, 4) is 11.4 Å². The molecule has 2 aromatic rings. The van der Waals surface area contributed by atoms with Crippen LogP contribution in [-0.4, -0.2) is 45.1 Å². The van der Waals surface area contributed by atoms with Gasteiger partial charge in [0, 0.05) is 31.0 Å². The highest BCUT2D eigenvalue weighted by Crippen LogP contribution is 2.24. The van der Waals surface area contributed by atoms with E-state index in [1.165, 1.54) is 0 Å². The van der Waals surface area contributed by atoms with Gasteiger partial charge in [-0.15, -0.1) is 0 Å². The van der Waals surface area contributed by atoms with E-state index in [1.807, 2.05) is 42.2 Å². The Hall–Kier alpha value is -2.27. The van der Waals surface area contributed by atoms with Crippen molar-refractivity contribution in [1.29, 1.82) is 0 Å². The molecule has 5 nitrogen and oxygen atoms in total. The van der Waals surface area contributed by atoms with Gasteiger partial charge in [0.05, 0.1) is 11.3 Å². The van der Waals surface area contributed by atoms with Gasteiger partial charge in [-0.05, 0) is 32.6 Å². The number of nitrogens with zero attached hydrogens (tertiary/aromatic N) is 3. The molecule has 1 atom stereocenters. The molecule has 0 spiro atoms. The number of aliphatic hydroxyl groups excluding tert-OH is 1. The number of aliphatic hydroxyl groups is 1. The van der Waals surface area contributed by atoms with Crippen LogP contribution >= 0.6 is 0 Å². The normalized spacial score (nSPS) is 17.2. The maximum Gasteiger partial charge on any atom is 0.257 e. The molecule has 3 rings (SSSR count). The summed E-state index contributed by atoms with van der Waals surface area (Å²) in [5.74, 6) is 0.649. The molecule has 1 aliphatic heterocycles. The van der Waals surface area contributed by atoms with E-state index in [2.05, 4.69) is 9.97 Å². The summed E-state index contributed by atoms with van der Waals surface area (Å²) >= 11 is 0. The first kappa shape index (κ1) is 16.6.